The van der Waals surface area contributed by atoms with Gasteiger partial charge in [0.15, 0.2) is 0 Å². The normalized spacial score (nSPS) is 9.71. The molecule has 144 valence electrons. The van der Waals surface area contributed by atoms with Crippen molar-refractivity contribution in [3.05, 3.63) is 105 Å². The van der Waals surface area contributed by atoms with Crippen LogP contribution in [0.1, 0.15) is 5.56 Å². The van der Waals surface area contributed by atoms with Crippen LogP contribution >= 0.6 is 0 Å². The Morgan fingerprint density at radius 3 is 1.96 bits per heavy atom. The second-order valence-corrected chi connectivity index (χ2v) is 5.62. The van der Waals surface area contributed by atoms with Crippen LogP contribution in [0, 0.1) is 20.2 Å². The van der Waals surface area contributed by atoms with Gasteiger partial charge in [0.1, 0.15) is 11.5 Å². The maximum absolute atomic E-state index is 10.6. The molecule has 3 aromatic carbocycles. The molecule has 0 saturated carbocycles. The molecule has 3 aromatic rings. The highest BCUT2D eigenvalue weighted by Crippen LogP contribution is 2.19. The largest absolute Gasteiger partial charge is 0.508 e. The number of nitro benzene ring substituents is 2. The maximum atomic E-state index is 10.6. The quantitative estimate of drug-likeness (QED) is 0.495. The van der Waals surface area contributed by atoms with E-state index >= 15 is 0 Å². The van der Waals surface area contributed by atoms with Gasteiger partial charge in [-0.2, -0.15) is 0 Å². The Bertz CT molecular complexity index is 931. The predicted octanol–water partition coefficient (Wildman–Crippen LogP) is 4.52. The monoisotopic (exact) mass is 382 g/mol. The predicted molar refractivity (Wildman–Crippen MR) is 103 cm³/mol. The molecule has 8 heteroatoms. The van der Waals surface area contributed by atoms with Gasteiger partial charge >= 0.3 is 0 Å². The number of non-ortho nitro benzene ring substituents is 2. The van der Waals surface area contributed by atoms with Gasteiger partial charge in [0.25, 0.3) is 11.4 Å². The minimum absolute atomic E-state index is 0.0483. The van der Waals surface area contributed by atoms with Gasteiger partial charge in [0.2, 0.25) is 0 Å². The Morgan fingerprint density at radius 1 is 0.786 bits per heavy atom. The summed E-state index contributed by atoms with van der Waals surface area (Å²) in [5.41, 5.74) is 1.13. The van der Waals surface area contributed by atoms with Gasteiger partial charge in [-0.15, -0.1) is 0 Å². The van der Waals surface area contributed by atoms with E-state index in [0.29, 0.717) is 12.4 Å². The highest BCUT2D eigenvalue weighted by molar-refractivity contribution is 5.38. The third-order valence-corrected chi connectivity index (χ3v) is 3.57. The van der Waals surface area contributed by atoms with Gasteiger partial charge < -0.3 is 9.84 Å². The third-order valence-electron chi connectivity index (χ3n) is 3.57. The lowest BCUT2D eigenvalue weighted by molar-refractivity contribution is -0.385. The highest BCUT2D eigenvalue weighted by Gasteiger charge is 2.06. The molecule has 0 aromatic heterocycles. The average molecular weight is 382 g/mol. The summed E-state index contributed by atoms with van der Waals surface area (Å²) >= 11 is 0. The molecule has 0 atom stereocenters. The van der Waals surface area contributed by atoms with Crippen molar-refractivity contribution >= 4 is 11.4 Å². The maximum Gasteiger partial charge on any atom is 0.273 e. The lowest BCUT2D eigenvalue weighted by Crippen LogP contribution is -2.01. The first-order valence-electron chi connectivity index (χ1n) is 8.30. The van der Waals surface area contributed by atoms with Crippen LogP contribution < -0.4 is 4.74 Å². The van der Waals surface area contributed by atoms with Crippen molar-refractivity contribution in [3.8, 4) is 11.5 Å². The minimum Gasteiger partial charge on any atom is -0.508 e. The van der Waals surface area contributed by atoms with Crippen molar-refractivity contribution in [1.82, 2.24) is 0 Å². The summed E-state index contributed by atoms with van der Waals surface area (Å²) in [5.74, 6) is 0.439. The van der Waals surface area contributed by atoms with Gasteiger partial charge in [0.05, 0.1) is 28.6 Å². The summed E-state index contributed by atoms with van der Waals surface area (Å²) in [6, 6.07) is 21.4. The standard InChI is InChI=1S/C14H13NO3.C6H5NO3/c16-15(17)13-7-4-8-14(11-13)18-10-9-12-5-2-1-3-6-12;8-6-3-1-2-5(4-6)7(9)10/h1-8,11H,9-10H2;1-4,8H. The number of benzene rings is 3. The van der Waals surface area contributed by atoms with Crippen LogP contribution in [0.15, 0.2) is 78.9 Å². The Labute approximate surface area is 160 Å². The molecule has 0 saturated heterocycles. The Morgan fingerprint density at radius 2 is 1.39 bits per heavy atom. The number of phenolic OH excluding ortho intramolecular Hbond substituents is 1. The third kappa shape index (κ3) is 6.75. The lowest BCUT2D eigenvalue weighted by atomic mass is 10.2. The summed E-state index contributed by atoms with van der Waals surface area (Å²) in [4.78, 5) is 19.7. The molecule has 1 N–H and O–H groups in total. The number of hydrogen-bond donors (Lipinski definition) is 1. The lowest BCUT2D eigenvalue weighted by Gasteiger charge is -2.05. The molecule has 0 spiro atoms. The van der Waals surface area contributed by atoms with Crippen molar-refractivity contribution in [2.45, 2.75) is 6.42 Å². The molecule has 0 radical (unpaired) electrons. The average Bonchev–Trinajstić information content (AvgIpc) is 2.69. The topological polar surface area (TPSA) is 116 Å². The van der Waals surface area contributed by atoms with Gasteiger partial charge in [-0.25, -0.2) is 0 Å². The molecule has 0 fully saturated rings. The molecule has 8 nitrogen and oxygen atoms in total. The number of aromatic hydroxyl groups is 1. The van der Waals surface area contributed by atoms with Crippen LogP contribution in [0.25, 0.3) is 0 Å². The molecule has 0 amide bonds. The van der Waals surface area contributed by atoms with E-state index in [4.69, 9.17) is 9.84 Å². The molecule has 0 aliphatic rings. The summed E-state index contributed by atoms with van der Waals surface area (Å²) in [5, 5.41) is 29.4. The number of rotatable bonds is 6. The molecule has 0 heterocycles. The SMILES string of the molecule is O=[N+]([O-])c1cccc(O)c1.O=[N+]([O-])c1cccc(OCCc2ccccc2)c1. The van der Waals surface area contributed by atoms with Gasteiger partial charge in [-0.05, 0) is 17.7 Å². The molecule has 28 heavy (non-hydrogen) atoms. The van der Waals surface area contributed by atoms with Crippen LogP contribution in [0.5, 0.6) is 11.5 Å². The minimum atomic E-state index is -0.556. The van der Waals surface area contributed by atoms with Crippen LogP contribution in [-0.4, -0.2) is 21.6 Å². The first-order valence-corrected chi connectivity index (χ1v) is 8.30. The van der Waals surface area contributed by atoms with Gasteiger partial charge in [-0.1, -0.05) is 42.5 Å². The molecule has 0 aliphatic heterocycles. The molecule has 0 aliphatic carbocycles. The van der Waals surface area contributed by atoms with Gasteiger partial charge in [0, 0.05) is 18.6 Å². The number of nitro groups is 2. The first kappa shape index (κ1) is 20.4. The summed E-state index contributed by atoms with van der Waals surface area (Å²) < 4.78 is 5.50. The number of hydrogen-bond acceptors (Lipinski definition) is 6. The van der Waals surface area contributed by atoms with Crippen molar-refractivity contribution in [2.24, 2.45) is 0 Å². The van der Waals surface area contributed by atoms with Crippen LogP contribution in [-0.2, 0) is 6.42 Å². The van der Waals surface area contributed by atoms with E-state index in [1.54, 1.807) is 12.1 Å². The molecular formula is C20H18N2O6. The Hall–Kier alpha value is -3.94. The zero-order valence-corrected chi connectivity index (χ0v) is 14.8. The van der Waals surface area contributed by atoms with E-state index in [1.165, 1.54) is 35.9 Å². The van der Waals surface area contributed by atoms with Crippen molar-refractivity contribution in [3.63, 3.8) is 0 Å². The Balaban J connectivity index is 0.000000237. The van der Waals surface area contributed by atoms with Crippen molar-refractivity contribution in [1.29, 1.82) is 0 Å². The molecule has 3 rings (SSSR count). The molecular weight excluding hydrogens is 364 g/mol. The summed E-state index contributed by atoms with van der Waals surface area (Å²) in [7, 11) is 0. The van der Waals surface area contributed by atoms with Crippen LogP contribution in [0.4, 0.5) is 11.4 Å². The van der Waals surface area contributed by atoms with E-state index < -0.39 is 9.85 Å². The van der Waals surface area contributed by atoms with Crippen molar-refractivity contribution < 1.29 is 19.7 Å². The second kappa shape index (κ2) is 10.3. The Kier molecular flexibility index (Phi) is 7.47. The van der Waals surface area contributed by atoms with Crippen LogP contribution in [0.3, 0.4) is 0 Å². The molecule has 0 unspecified atom stereocenters. The van der Waals surface area contributed by atoms with Crippen LogP contribution in [0.2, 0.25) is 0 Å². The summed E-state index contributed by atoms with van der Waals surface area (Å²) in [6.45, 7) is 0.505. The fourth-order valence-corrected chi connectivity index (χ4v) is 2.22. The van der Waals surface area contributed by atoms with Crippen molar-refractivity contribution in [2.75, 3.05) is 6.61 Å². The van der Waals surface area contributed by atoms with E-state index in [-0.39, 0.29) is 17.1 Å². The number of ether oxygens (including phenoxy) is 1. The highest BCUT2D eigenvalue weighted by atomic mass is 16.6. The zero-order chi connectivity index (χ0) is 20.4. The van der Waals surface area contributed by atoms with E-state index in [9.17, 15) is 20.2 Å². The van der Waals surface area contributed by atoms with E-state index in [0.717, 1.165) is 12.5 Å². The zero-order valence-electron chi connectivity index (χ0n) is 14.8. The fraction of sp³-hybridized carbons (Fsp3) is 0.100. The summed E-state index contributed by atoms with van der Waals surface area (Å²) in [6.07, 6.45) is 0.781. The fourth-order valence-electron chi connectivity index (χ4n) is 2.22. The van der Waals surface area contributed by atoms with E-state index in [1.807, 2.05) is 30.3 Å². The number of phenols is 1. The van der Waals surface area contributed by atoms with E-state index in [2.05, 4.69) is 0 Å². The molecule has 0 bridgehead atoms. The smallest absolute Gasteiger partial charge is 0.273 e. The first-order chi connectivity index (χ1) is 13.5. The second-order valence-electron chi connectivity index (χ2n) is 5.62. The van der Waals surface area contributed by atoms with Gasteiger partial charge in [-0.3, -0.25) is 20.2 Å². The number of nitrogens with zero attached hydrogens (tertiary/aromatic N) is 2.